The molecule has 92 valence electrons. The van der Waals surface area contributed by atoms with E-state index >= 15 is 0 Å². The van der Waals surface area contributed by atoms with Crippen LogP contribution in [0.4, 0.5) is 0 Å². The number of rotatable bonds is 4. The Balaban J connectivity index is 2.80. The predicted molar refractivity (Wildman–Crippen MR) is 56.9 cm³/mol. The Morgan fingerprint density at radius 3 is 2.59 bits per heavy atom. The van der Waals surface area contributed by atoms with Gasteiger partial charge in [0.05, 0.1) is 6.42 Å². The molecule has 0 spiro atoms. The first-order valence-electron chi connectivity index (χ1n) is 4.75. The van der Waals surface area contributed by atoms with Gasteiger partial charge in [-0.25, -0.2) is 4.79 Å². The zero-order valence-corrected chi connectivity index (χ0v) is 8.94. The molecule has 8 heteroatoms. The fourth-order valence-electron chi connectivity index (χ4n) is 1.21. The molecular weight excluding hydrogens is 230 g/mol. The first-order valence-corrected chi connectivity index (χ1v) is 4.75. The molecule has 0 saturated heterocycles. The molecule has 8 nitrogen and oxygen atoms in total. The van der Waals surface area contributed by atoms with Crippen LogP contribution in [0.1, 0.15) is 23.8 Å². The normalized spacial score (nSPS) is 11.8. The highest BCUT2D eigenvalue weighted by atomic mass is 16.4. The Morgan fingerprint density at radius 2 is 2.06 bits per heavy atom. The molecule has 0 fully saturated rings. The number of carboxylic acid groups (broad SMARTS) is 1. The zero-order chi connectivity index (χ0) is 13.0. The van der Waals surface area contributed by atoms with Crippen LogP contribution >= 0.6 is 0 Å². The number of aromatic nitrogens is 2. The van der Waals surface area contributed by atoms with Crippen molar-refractivity contribution in [2.45, 2.75) is 19.4 Å². The van der Waals surface area contributed by atoms with E-state index in [0.717, 1.165) is 6.07 Å². The minimum atomic E-state index is -1.06. The van der Waals surface area contributed by atoms with Crippen molar-refractivity contribution < 1.29 is 14.7 Å². The number of nitrogens with one attached hydrogen (secondary N) is 3. The van der Waals surface area contributed by atoms with E-state index in [9.17, 15) is 19.2 Å². The highest BCUT2D eigenvalue weighted by molar-refractivity contribution is 5.92. The number of aliphatic carboxylic acids is 1. The third-order valence-corrected chi connectivity index (χ3v) is 1.86. The van der Waals surface area contributed by atoms with Gasteiger partial charge in [0.2, 0.25) is 0 Å². The van der Waals surface area contributed by atoms with E-state index in [1.165, 1.54) is 6.92 Å². The molecule has 1 rings (SSSR count). The number of hydrogen-bond donors (Lipinski definition) is 4. The first kappa shape index (κ1) is 12.7. The quantitative estimate of drug-likeness (QED) is 0.517. The molecule has 0 radical (unpaired) electrons. The van der Waals surface area contributed by atoms with Crippen molar-refractivity contribution in [3.05, 3.63) is 32.6 Å². The van der Waals surface area contributed by atoms with Crippen LogP contribution in [0.15, 0.2) is 15.7 Å². The highest BCUT2D eigenvalue weighted by Crippen LogP contribution is 1.93. The summed E-state index contributed by atoms with van der Waals surface area (Å²) in [5.41, 5.74) is -1.71. The second-order valence-corrected chi connectivity index (χ2v) is 3.47. The zero-order valence-electron chi connectivity index (χ0n) is 8.94. The van der Waals surface area contributed by atoms with Gasteiger partial charge in [-0.2, -0.15) is 0 Å². The van der Waals surface area contributed by atoms with Gasteiger partial charge in [0.1, 0.15) is 5.69 Å². The summed E-state index contributed by atoms with van der Waals surface area (Å²) in [6.07, 6.45) is -0.251. The maximum absolute atomic E-state index is 11.5. The fourth-order valence-corrected chi connectivity index (χ4v) is 1.21. The van der Waals surface area contributed by atoms with Gasteiger partial charge in [0.25, 0.3) is 11.5 Å². The summed E-state index contributed by atoms with van der Waals surface area (Å²) in [5, 5.41) is 10.8. The van der Waals surface area contributed by atoms with E-state index in [1.807, 2.05) is 4.98 Å². The average Bonchev–Trinajstić information content (AvgIpc) is 2.14. The van der Waals surface area contributed by atoms with Crippen LogP contribution in [0.2, 0.25) is 0 Å². The number of carbonyl (C=O) groups excluding carboxylic acids is 1. The van der Waals surface area contributed by atoms with E-state index in [4.69, 9.17) is 5.11 Å². The minimum absolute atomic E-state index is 0.212. The second kappa shape index (κ2) is 5.10. The molecule has 0 aromatic carbocycles. The Morgan fingerprint density at radius 1 is 1.41 bits per heavy atom. The van der Waals surface area contributed by atoms with Crippen molar-refractivity contribution in [2.75, 3.05) is 0 Å². The first-order chi connectivity index (χ1) is 7.88. The van der Waals surface area contributed by atoms with Gasteiger partial charge in [-0.3, -0.25) is 19.4 Å². The molecule has 0 bridgehead atoms. The largest absolute Gasteiger partial charge is 0.481 e. The Hall–Kier alpha value is -2.38. The lowest BCUT2D eigenvalue weighted by atomic mass is 10.2. The van der Waals surface area contributed by atoms with Gasteiger partial charge >= 0.3 is 11.7 Å². The number of carbonyl (C=O) groups is 2. The van der Waals surface area contributed by atoms with E-state index < -0.39 is 29.2 Å². The summed E-state index contributed by atoms with van der Waals surface area (Å²) in [6.45, 7) is 1.50. The minimum Gasteiger partial charge on any atom is -0.481 e. The maximum Gasteiger partial charge on any atom is 0.326 e. The van der Waals surface area contributed by atoms with Crippen molar-refractivity contribution >= 4 is 11.9 Å². The smallest absolute Gasteiger partial charge is 0.326 e. The molecule has 4 N–H and O–H groups in total. The van der Waals surface area contributed by atoms with Crippen LogP contribution in [0.25, 0.3) is 0 Å². The van der Waals surface area contributed by atoms with E-state index in [0.29, 0.717) is 0 Å². The standard InChI is InChI=1S/C9H11N3O5/c1-4(2-7(14)15)10-8(16)5-3-6(13)12-9(17)11-5/h3-4H,2H2,1H3,(H,10,16)(H,14,15)(H2,11,12,13,17). The molecule has 0 aliphatic heterocycles. The lowest BCUT2D eigenvalue weighted by molar-refractivity contribution is -0.137. The van der Waals surface area contributed by atoms with Crippen molar-refractivity contribution in [1.82, 2.24) is 15.3 Å². The van der Waals surface area contributed by atoms with Crippen LogP contribution in [0.5, 0.6) is 0 Å². The molecule has 1 heterocycles. The summed E-state index contributed by atoms with van der Waals surface area (Å²) in [7, 11) is 0. The second-order valence-electron chi connectivity index (χ2n) is 3.47. The van der Waals surface area contributed by atoms with Crippen molar-refractivity contribution in [1.29, 1.82) is 0 Å². The lowest BCUT2D eigenvalue weighted by Gasteiger charge is -2.10. The lowest BCUT2D eigenvalue weighted by Crippen LogP contribution is -2.37. The highest BCUT2D eigenvalue weighted by Gasteiger charge is 2.13. The Kier molecular flexibility index (Phi) is 3.81. The Labute approximate surface area is 94.7 Å². The van der Waals surface area contributed by atoms with E-state index in [1.54, 1.807) is 0 Å². The Bertz CT molecular complexity index is 516. The summed E-state index contributed by atoms with van der Waals surface area (Å²) in [4.78, 5) is 47.8. The molecule has 1 amide bonds. The van der Waals surface area contributed by atoms with Gasteiger partial charge in [0.15, 0.2) is 0 Å². The monoisotopic (exact) mass is 241 g/mol. The van der Waals surface area contributed by atoms with Crippen LogP contribution < -0.4 is 16.6 Å². The molecule has 0 aliphatic rings. The van der Waals surface area contributed by atoms with Gasteiger partial charge in [-0.05, 0) is 6.92 Å². The maximum atomic E-state index is 11.5. The number of hydrogen-bond acceptors (Lipinski definition) is 4. The predicted octanol–water partition coefficient (Wildman–Crippen LogP) is -1.34. The van der Waals surface area contributed by atoms with Crippen LogP contribution in [-0.4, -0.2) is 33.0 Å². The van der Waals surface area contributed by atoms with Crippen LogP contribution in [-0.2, 0) is 4.79 Å². The third kappa shape index (κ3) is 3.93. The van der Waals surface area contributed by atoms with Gasteiger partial charge in [-0.15, -0.1) is 0 Å². The van der Waals surface area contributed by atoms with Crippen LogP contribution in [0, 0.1) is 0 Å². The molecule has 1 unspecified atom stereocenters. The summed E-state index contributed by atoms with van der Waals surface area (Å²) in [6, 6.07) is 0.312. The summed E-state index contributed by atoms with van der Waals surface area (Å²) in [5.74, 6) is -1.76. The summed E-state index contributed by atoms with van der Waals surface area (Å²) >= 11 is 0. The molecule has 1 aromatic rings. The van der Waals surface area contributed by atoms with Crippen molar-refractivity contribution in [2.24, 2.45) is 0 Å². The molecule has 17 heavy (non-hydrogen) atoms. The molecule has 1 atom stereocenters. The molecular formula is C9H11N3O5. The van der Waals surface area contributed by atoms with Gasteiger partial charge < -0.3 is 15.4 Å². The number of H-pyrrole nitrogens is 2. The van der Waals surface area contributed by atoms with Crippen molar-refractivity contribution in [3.8, 4) is 0 Å². The van der Waals surface area contributed by atoms with Crippen molar-refractivity contribution in [3.63, 3.8) is 0 Å². The molecule has 1 aromatic heterocycles. The van der Waals surface area contributed by atoms with Gasteiger partial charge in [-0.1, -0.05) is 0 Å². The number of aromatic amines is 2. The van der Waals surface area contributed by atoms with Crippen LogP contribution in [0.3, 0.4) is 0 Å². The van der Waals surface area contributed by atoms with E-state index in [-0.39, 0.29) is 12.1 Å². The number of amides is 1. The third-order valence-electron chi connectivity index (χ3n) is 1.86. The molecule has 0 saturated carbocycles. The summed E-state index contributed by atoms with van der Waals surface area (Å²) < 4.78 is 0. The average molecular weight is 241 g/mol. The topological polar surface area (TPSA) is 132 Å². The SMILES string of the molecule is CC(CC(=O)O)NC(=O)c1cc(=O)[nH]c(=O)[nH]1. The number of carboxylic acids is 1. The van der Waals surface area contributed by atoms with E-state index in [2.05, 4.69) is 10.3 Å². The molecule has 0 aliphatic carbocycles. The fraction of sp³-hybridized carbons (Fsp3) is 0.333. The van der Waals surface area contributed by atoms with Gasteiger partial charge in [0, 0.05) is 12.1 Å².